The van der Waals surface area contributed by atoms with Crippen LogP contribution in [0.4, 0.5) is 10.7 Å². The molecule has 0 aliphatic carbocycles. The lowest BCUT2D eigenvalue weighted by molar-refractivity contribution is -0.129. The number of hydrogen-bond donors (Lipinski definition) is 2. The third-order valence-electron chi connectivity index (χ3n) is 5.37. The Bertz CT molecular complexity index is 1280. The second-order valence-electron chi connectivity index (χ2n) is 7.72. The Kier molecular flexibility index (Phi) is 7.05. The molecule has 3 aromatic rings. The van der Waals surface area contributed by atoms with Gasteiger partial charge in [0.15, 0.2) is 5.76 Å². The van der Waals surface area contributed by atoms with Crippen molar-refractivity contribution >= 4 is 51.5 Å². The smallest absolute Gasteiger partial charge is 0.291 e. The molecule has 0 saturated heterocycles. The number of fused-ring (bicyclic) bond motifs is 1. The van der Waals surface area contributed by atoms with Gasteiger partial charge >= 0.3 is 0 Å². The van der Waals surface area contributed by atoms with Gasteiger partial charge < -0.3 is 20.0 Å². The standard InChI is InChI=1S/C24H22N4O4S2/c1-14(33-17-6-3-5-16(11-17)26-23(31)20-7-4-10-32-20)22(30)27-24-19(12-25)18-8-9-28(15(2)29)13-21(18)34-24/h3-7,10-11,14H,8-9,13H2,1-2H3,(H,26,31)(H,27,30). The van der Waals surface area contributed by atoms with Gasteiger partial charge in [-0.1, -0.05) is 6.07 Å². The molecule has 0 saturated carbocycles. The number of carbonyl (C=O) groups excluding carboxylic acids is 3. The second kappa shape index (κ2) is 10.2. The van der Waals surface area contributed by atoms with Gasteiger partial charge in [-0.2, -0.15) is 5.26 Å². The minimum Gasteiger partial charge on any atom is -0.459 e. The number of rotatable bonds is 6. The molecule has 3 heterocycles. The predicted octanol–water partition coefficient (Wildman–Crippen LogP) is 4.49. The average molecular weight is 495 g/mol. The molecule has 0 radical (unpaired) electrons. The van der Waals surface area contributed by atoms with Crippen molar-refractivity contribution in [3.05, 3.63) is 64.4 Å². The molecule has 1 aromatic carbocycles. The van der Waals surface area contributed by atoms with Gasteiger partial charge in [0.2, 0.25) is 11.8 Å². The second-order valence-corrected chi connectivity index (χ2v) is 10.2. The van der Waals surface area contributed by atoms with Crippen LogP contribution in [0.15, 0.2) is 52.0 Å². The number of thiophene rings is 1. The van der Waals surface area contributed by atoms with Crippen molar-refractivity contribution in [2.24, 2.45) is 0 Å². The molecule has 174 valence electrons. The summed E-state index contributed by atoms with van der Waals surface area (Å²) in [6.45, 7) is 4.34. The van der Waals surface area contributed by atoms with Crippen LogP contribution in [0.3, 0.4) is 0 Å². The molecular weight excluding hydrogens is 472 g/mol. The molecule has 0 bridgehead atoms. The van der Waals surface area contributed by atoms with E-state index in [2.05, 4.69) is 16.7 Å². The molecule has 2 aromatic heterocycles. The van der Waals surface area contributed by atoms with Gasteiger partial charge in [-0.15, -0.1) is 23.1 Å². The molecule has 0 fully saturated rings. The highest BCUT2D eigenvalue weighted by molar-refractivity contribution is 8.00. The molecule has 1 atom stereocenters. The van der Waals surface area contributed by atoms with Crippen molar-refractivity contribution < 1.29 is 18.8 Å². The fourth-order valence-corrected chi connectivity index (χ4v) is 5.74. The van der Waals surface area contributed by atoms with Crippen LogP contribution >= 0.6 is 23.1 Å². The molecule has 8 nitrogen and oxygen atoms in total. The Labute approximate surface area is 204 Å². The van der Waals surface area contributed by atoms with Crippen LogP contribution in [0.2, 0.25) is 0 Å². The number of nitriles is 1. The lowest BCUT2D eigenvalue weighted by atomic mass is 10.0. The first-order chi connectivity index (χ1) is 16.4. The first-order valence-corrected chi connectivity index (χ1v) is 12.3. The summed E-state index contributed by atoms with van der Waals surface area (Å²) in [6.07, 6.45) is 2.04. The Morgan fingerprint density at radius 3 is 2.76 bits per heavy atom. The number of anilines is 2. The number of carbonyl (C=O) groups is 3. The number of benzene rings is 1. The summed E-state index contributed by atoms with van der Waals surface area (Å²) in [5.41, 5.74) is 1.99. The normalized spacial score (nSPS) is 13.5. The van der Waals surface area contributed by atoms with Gasteiger partial charge in [-0.05, 0) is 49.2 Å². The lowest BCUT2D eigenvalue weighted by Gasteiger charge is -2.25. The van der Waals surface area contributed by atoms with Crippen LogP contribution in [0.5, 0.6) is 0 Å². The van der Waals surface area contributed by atoms with E-state index in [-0.39, 0.29) is 23.5 Å². The van der Waals surface area contributed by atoms with Crippen molar-refractivity contribution in [3.63, 3.8) is 0 Å². The summed E-state index contributed by atoms with van der Waals surface area (Å²) in [7, 11) is 0. The van der Waals surface area contributed by atoms with Crippen LogP contribution in [0.1, 0.15) is 40.4 Å². The summed E-state index contributed by atoms with van der Waals surface area (Å²) in [4.78, 5) is 40.3. The molecule has 1 aliphatic rings. The highest BCUT2D eigenvalue weighted by atomic mass is 32.2. The first-order valence-electron chi connectivity index (χ1n) is 10.6. The van der Waals surface area contributed by atoms with E-state index in [1.54, 1.807) is 42.2 Å². The third kappa shape index (κ3) is 5.16. The summed E-state index contributed by atoms with van der Waals surface area (Å²) in [5, 5.41) is 15.4. The molecule has 4 rings (SSSR count). The maximum atomic E-state index is 12.9. The highest BCUT2D eigenvalue weighted by Gasteiger charge is 2.27. The maximum absolute atomic E-state index is 12.9. The van der Waals surface area contributed by atoms with Crippen molar-refractivity contribution in [2.45, 2.75) is 37.0 Å². The number of thioether (sulfide) groups is 1. The van der Waals surface area contributed by atoms with E-state index in [1.165, 1.54) is 36.3 Å². The van der Waals surface area contributed by atoms with Gasteiger partial charge in [-0.3, -0.25) is 14.4 Å². The number of furan rings is 1. The van der Waals surface area contributed by atoms with E-state index >= 15 is 0 Å². The number of hydrogen-bond acceptors (Lipinski definition) is 7. The van der Waals surface area contributed by atoms with Crippen molar-refractivity contribution in [1.29, 1.82) is 5.26 Å². The number of nitrogens with one attached hydrogen (secondary N) is 2. The van der Waals surface area contributed by atoms with Crippen molar-refractivity contribution in [2.75, 3.05) is 17.2 Å². The molecular formula is C24H22N4O4S2. The van der Waals surface area contributed by atoms with E-state index in [9.17, 15) is 19.6 Å². The van der Waals surface area contributed by atoms with Crippen LogP contribution in [-0.2, 0) is 22.6 Å². The molecule has 1 aliphatic heterocycles. The van der Waals surface area contributed by atoms with Crippen LogP contribution in [-0.4, -0.2) is 34.4 Å². The predicted molar refractivity (Wildman–Crippen MR) is 131 cm³/mol. The molecule has 10 heteroatoms. The van der Waals surface area contributed by atoms with Gasteiger partial charge in [0.1, 0.15) is 11.1 Å². The van der Waals surface area contributed by atoms with E-state index in [1.807, 2.05) is 6.07 Å². The van der Waals surface area contributed by atoms with Gasteiger partial charge in [0.25, 0.3) is 5.91 Å². The molecule has 2 N–H and O–H groups in total. The lowest BCUT2D eigenvalue weighted by Crippen LogP contribution is -2.33. The monoisotopic (exact) mass is 494 g/mol. The Balaban J connectivity index is 1.42. The van der Waals surface area contributed by atoms with E-state index in [4.69, 9.17) is 4.42 Å². The van der Waals surface area contributed by atoms with E-state index in [0.29, 0.717) is 35.8 Å². The van der Waals surface area contributed by atoms with Crippen molar-refractivity contribution in [1.82, 2.24) is 4.90 Å². The van der Waals surface area contributed by atoms with Gasteiger partial charge in [0, 0.05) is 28.9 Å². The van der Waals surface area contributed by atoms with Gasteiger partial charge in [-0.25, -0.2) is 0 Å². The zero-order valence-electron chi connectivity index (χ0n) is 18.6. The zero-order valence-corrected chi connectivity index (χ0v) is 20.2. The molecule has 34 heavy (non-hydrogen) atoms. The number of nitrogens with zero attached hydrogens (tertiary/aromatic N) is 2. The summed E-state index contributed by atoms with van der Waals surface area (Å²) in [6, 6.07) is 12.6. The van der Waals surface area contributed by atoms with E-state index in [0.717, 1.165) is 15.3 Å². The van der Waals surface area contributed by atoms with E-state index < -0.39 is 5.25 Å². The fraction of sp³-hybridized carbons (Fsp3) is 0.250. The van der Waals surface area contributed by atoms with Crippen LogP contribution < -0.4 is 10.6 Å². The Morgan fingerprint density at radius 1 is 1.24 bits per heavy atom. The Hall–Kier alpha value is -3.55. The minimum atomic E-state index is -0.449. The quantitative estimate of drug-likeness (QED) is 0.488. The van der Waals surface area contributed by atoms with Crippen LogP contribution in [0.25, 0.3) is 0 Å². The first kappa shape index (κ1) is 23.6. The highest BCUT2D eigenvalue weighted by Crippen LogP contribution is 2.37. The molecule has 0 spiro atoms. The van der Waals surface area contributed by atoms with Crippen LogP contribution in [0, 0.1) is 11.3 Å². The third-order valence-corrected chi connectivity index (χ3v) is 7.60. The largest absolute Gasteiger partial charge is 0.459 e. The average Bonchev–Trinajstić information content (AvgIpc) is 3.46. The minimum absolute atomic E-state index is 0.00394. The SMILES string of the molecule is CC(=O)N1CCc2c(sc(NC(=O)C(C)Sc3cccc(NC(=O)c4ccco4)c3)c2C#N)C1. The summed E-state index contributed by atoms with van der Waals surface area (Å²) >= 11 is 2.70. The molecule has 3 amide bonds. The zero-order chi connectivity index (χ0) is 24.2. The number of amides is 3. The van der Waals surface area contributed by atoms with Crippen molar-refractivity contribution in [3.8, 4) is 6.07 Å². The summed E-state index contributed by atoms with van der Waals surface area (Å²) in [5.74, 6) is -0.375. The Morgan fingerprint density at radius 2 is 2.06 bits per heavy atom. The fourth-order valence-electron chi connectivity index (χ4n) is 3.60. The maximum Gasteiger partial charge on any atom is 0.291 e. The van der Waals surface area contributed by atoms with Gasteiger partial charge in [0.05, 0.1) is 23.6 Å². The summed E-state index contributed by atoms with van der Waals surface area (Å²) < 4.78 is 5.11. The molecule has 1 unspecified atom stereocenters. The topological polar surface area (TPSA) is 115 Å².